The van der Waals surface area contributed by atoms with Gasteiger partial charge in [0, 0.05) is 5.56 Å². The van der Waals surface area contributed by atoms with Crippen molar-refractivity contribution in [3.05, 3.63) is 77.3 Å². The molecular weight excluding hydrogens is 712 g/mol. The molecule has 1 aliphatic heterocycles. The van der Waals surface area contributed by atoms with Gasteiger partial charge in [0.25, 0.3) is 0 Å². The maximum absolute atomic E-state index is 13.0. The Balaban J connectivity index is 1.73. The van der Waals surface area contributed by atoms with Gasteiger partial charge in [0.2, 0.25) is 0 Å². The number of hydrogen-bond donors (Lipinski definition) is 1. The molecule has 0 bridgehead atoms. The number of halogens is 2. The number of hydrogen-bond acceptors (Lipinski definition) is 6. The van der Waals surface area contributed by atoms with Crippen LogP contribution >= 0.6 is 32.5 Å². The Bertz CT molecular complexity index is 1180. The van der Waals surface area contributed by atoms with Gasteiger partial charge in [-0.2, -0.15) is 0 Å². The number of rotatable bonds is 12. The van der Waals surface area contributed by atoms with Crippen LogP contribution in [0.5, 0.6) is 0 Å². The molecule has 3 unspecified atom stereocenters. The average molecular weight is 737 g/mol. The van der Waals surface area contributed by atoms with Crippen molar-refractivity contribution >= 4 is 64.9 Å². The summed E-state index contributed by atoms with van der Waals surface area (Å²) in [6.45, 7) is 3.88. The molecule has 1 N–H and O–H groups in total. The number of carbonyl (C=O) groups excluding carboxylic acids is 3. The van der Waals surface area contributed by atoms with Crippen LogP contribution in [0.15, 0.2) is 51.5 Å². The predicted molar refractivity (Wildman–Crippen MR) is 145 cm³/mol. The first-order valence-corrected chi connectivity index (χ1v) is 17.3. The van der Waals surface area contributed by atoms with E-state index in [1.807, 2.05) is 24.3 Å². The molecule has 1 amide bonds. The van der Waals surface area contributed by atoms with Crippen molar-refractivity contribution in [2.24, 2.45) is 0 Å². The molecule has 0 fully saturated rings. The third kappa shape index (κ3) is 8.41. The molecule has 1 heterocycles. The van der Waals surface area contributed by atoms with Gasteiger partial charge in [-0.15, -0.1) is 0 Å². The molecule has 0 saturated carbocycles. The van der Waals surface area contributed by atoms with E-state index in [1.54, 1.807) is 36.9 Å². The van der Waals surface area contributed by atoms with Gasteiger partial charge in [0.05, 0.1) is 0 Å². The van der Waals surface area contributed by atoms with Gasteiger partial charge in [-0.3, -0.25) is 9.59 Å². The van der Waals surface area contributed by atoms with Crippen molar-refractivity contribution in [2.75, 3.05) is 0 Å². The summed E-state index contributed by atoms with van der Waals surface area (Å²) in [6.07, 6.45) is 3.05. The molecule has 6 nitrogen and oxygen atoms in total. The minimum atomic E-state index is -2.05. The van der Waals surface area contributed by atoms with E-state index in [0.717, 1.165) is 15.6 Å². The van der Waals surface area contributed by atoms with Crippen molar-refractivity contribution < 1.29 is 44.4 Å². The van der Waals surface area contributed by atoms with Gasteiger partial charge >= 0.3 is 207 Å². The van der Waals surface area contributed by atoms with Gasteiger partial charge in [-0.05, 0) is 0 Å². The molecule has 0 aliphatic carbocycles. The van der Waals surface area contributed by atoms with Crippen LogP contribution < -0.4 is 26.5 Å². The van der Waals surface area contributed by atoms with Crippen molar-refractivity contribution in [3.63, 3.8) is 0 Å². The fraction of sp³-hybridized carbons (Fsp3) is 0.280. The molecule has 0 radical (unpaired) electrons. The Morgan fingerprint density at radius 1 is 1.14 bits per heavy atom. The van der Waals surface area contributed by atoms with Crippen molar-refractivity contribution in [1.29, 1.82) is 0 Å². The SMILES string of the molecule is CCC1=CSC(C(Cc2ccc([I-]C(C)S(=O)[O-])cc2)NC(=O)Cc2ccc(C=O)c(C=O)c2)=I1. The van der Waals surface area contributed by atoms with Crippen LogP contribution in [-0.2, 0) is 28.7 Å². The average Bonchev–Trinajstić information content (AvgIpc) is 3.34. The molecule has 0 spiro atoms. The van der Waals surface area contributed by atoms with Gasteiger partial charge in [0.15, 0.2) is 12.6 Å². The zero-order valence-corrected chi connectivity index (χ0v) is 25.1. The van der Waals surface area contributed by atoms with E-state index in [4.69, 9.17) is 0 Å². The summed E-state index contributed by atoms with van der Waals surface area (Å²) in [4.78, 5) is 35.3. The molecule has 0 saturated heterocycles. The Kier molecular flexibility index (Phi) is 11.3. The second kappa shape index (κ2) is 13.9. The second-order valence-corrected chi connectivity index (χ2v) is 18.2. The van der Waals surface area contributed by atoms with Gasteiger partial charge in [0.1, 0.15) is 0 Å². The van der Waals surface area contributed by atoms with Crippen molar-refractivity contribution in [2.45, 2.75) is 42.4 Å². The summed E-state index contributed by atoms with van der Waals surface area (Å²) in [5.41, 5.74) is 2.35. The Labute approximate surface area is 232 Å². The van der Waals surface area contributed by atoms with E-state index in [-0.39, 0.29) is 47.9 Å². The molecule has 0 aromatic heterocycles. The van der Waals surface area contributed by atoms with Crippen LogP contribution in [0.3, 0.4) is 0 Å². The third-order valence-corrected chi connectivity index (χ3v) is 15.5. The molecular formula is C25H25I2NO5S2-2. The summed E-state index contributed by atoms with van der Waals surface area (Å²) in [5, 5.41) is 5.40. The van der Waals surface area contributed by atoms with Gasteiger partial charge in [-0.1, -0.05) is 0 Å². The zero-order valence-electron chi connectivity index (χ0n) is 19.2. The van der Waals surface area contributed by atoms with E-state index in [9.17, 15) is 23.1 Å². The number of carbonyl (C=O) groups is 3. The number of benzene rings is 2. The molecule has 188 valence electrons. The first-order valence-electron chi connectivity index (χ1n) is 10.8. The van der Waals surface area contributed by atoms with Crippen LogP contribution in [-0.4, -0.2) is 39.4 Å². The molecule has 2 aromatic carbocycles. The molecule has 3 atom stereocenters. The number of alkyl halides is 1. The van der Waals surface area contributed by atoms with E-state index in [1.165, 1.54) is 6.42 Å². The summed E-state index contributed by atoms with van der Waals surface area (Å²) >= 11 is -1.24. The fourth-order valence-corrected chi connectivity index (χ4v) is 11.3. The number of allylic oxidation sites excluding steroid dienone is 1. The number of nitrogens with one attached hydrogen (secondary N) is 1. The summed E-state index contributed by atoms with van der Waals surface area (Å²) in [6, 6.07) is 12.8. The first-order chi connectivity index (χ1) is 16.8. The van der Waals surface area contributed by atoms with E-state index in [2.05, 4.69) is 17.6 Å². The third-order valence-electron chi connectivity index (χ3n) is 5.13. The normalized spacial score (nSPS) is 15.9. The maximum atomic E-state index is 13.0. The first kappa shape index (κ1) is 28.4. The zero-order chi connectivity index (χ0) is 25.4. The fourth-order valence-electron chi connectivity index (χ4n) is 3.29. The van der Waals surface area contributed by atoms with Gasteiger partial charge in [-0.25, -0.2) is 0 Å². The van der Waals surface area contributed by atoms with Crippen molar-refractivity contribution in [3.8, 4) is 0 Å². The number of thioether (sulfide) groups is 1. The Morgan fingerprint density at radius 3 is 2.43 bits per heavy atom. The molecule has 1 aliphatic rings. The van der Waals surface area contributed by atoms with Crippen LogP contribution in [0.25, 0.3) is 0 Å². The Hall–Kier alpha value is -1.22. The Morgan fingerprint density at radius 2 is 1.83 bits per heavy atom. The van der Waals surface area contributed by atoms with Crippen LogP contribution in [0, 0.1) is 3.57 Å². The van der Waals surface area contributed by atoms with Crippen LogP contribution in [0.1, 0.15) is 52.1 Å². The number of amides is 1. The summed E-state index contributed by atoms with van der Waals surface area (Å²) in [5.74, 6) is -0.137. The molecule has 2 aromatic rings. The van der Waals surface area contributed by atoms with Crippen LogP contribution in [0.4, 0.5) is 0 Å². The van der Waals surface area contributed by atoms with E-state index >= 15 is 0 Å². The predicted octanol–water partition coefficient (Wildman–Crippen LogP) is 1.16. The van der Waals surface area contributed by atoms with E-state index < -0.39 is 32.3 Å². The van der Waals surface area contributed by atoms with Crippen LogP contribution in [0.2, 0.25) is 0 Å². The molecule has 35 heavy (non-hydrogen) atoms. The molecule has 3 rings (SSSR count). The summed E-state index contributed by atoms with van der Waals surface area (Å²) < 4.78 is 25.8. The standard InChI is InChI=1S/C25H26I2NO5S2/c1-3-21-15-34-25(27-21)23(11-17-5-8-22(9-6-17)26-16(2)35(32)33)28-24(31)12-18-4-7-19(13-29)20(10-18)14-30/h4-10,13-16,23H,3,11-12H2,1-2H3,(H,28,31)(H,32,33)/q-1/p-1. The van der Waals surface area contributed by atoms with Gasteiger partial charge < -0.3 is 0 Å². The second-order valence-electron chi connectivity index (χ2n) is 7.67. The minimum absolute atomic E-state index is 0.117. The quantitative estimate of drug-likeness (QED) is 0.152. The summed E-state index contributed by atoms with van der Waals surface area (Å²) in [7, 11) is 0. The number of aldehydes is 2. The van der Waals surface area contributed by atoms with Crippen molar-refractivity contribution in [1.82, 2.24) is 5.32 Å². The monoisotopic (exact) mass is 737 g/mol. The van der Waals surface area contributed by atoms with E-state index in [0.29, 0.717) is 30.1 Å². The molecule has 10 heteroatoms. The topological polar surface area (TPSA) is 103 Å².